The van der Waals surface area contributed by atoms with Crippen LogP contribution in [0.4, 0.5) is 5.69 Å². The summed E-state index contributed by atoms with van der Waals surface area (Å²) >= 11 is 1.68. The van der Waals surface area contributed by atoms with Crippen LogP contribution in [0.25, 0.3) is 0 Å². The van der Waals surface area contributed by atoms with E-state index in [-0.39, 0.29) is 0 Å². The van der Waals surface area contributed by atoms with Crippen LogP contribution in [0, 0.1) is 0 Å². The molecule has 0 bridgehead atoms. The maximum atomic E-state index is 5.71. The van der Waals surface area contributed by atoms with E-state index in [1.165, 1.54) is 4.88 Å². The molecule has 0 atom stereocenters. The zero-order valence-corrected chi connectivity index (χ0v) is 8.08. The van der Waals surface area contributed by atoms with Crippen molar-refractivity contribution >= 4 is 17.0 Å². The Hall–Kier alpha value is -0.800. The van der Waals surface area contributed by atoms with Crippen LogP contribution in [0.2, 0.25) is 0 Å². The second-order valence-corrected chi connectivity index (χ2v) is 3.86. The van der Waals surface area contributed by atoms with Gasteiger partial charge in [-0.25, -0.2) is 0 Å². The fraction of sp³-hybridized carbons (Fsp3) is 0.333. The molecule has 12 heavy (non-hydrogen) atoms. The summed E-state index contributed by atoms with van der Waals surface area (Å²) in [5.74, 6) is 0. The predicted molar refractivity (Wildman–Crippen MR) is 55.3 cm³/mol. The molecule has 0 spiro atoms. The molecule has 66 valence electrons. The molecule has 1 aromatic heterocycles. The summed E-state index contributed by atoms with van der Waals surface area (Å²) in [5.41, 5.74) is 7.73. The van der Waals surface area contributed by atoms with Gasteiger partial charge in [-0.05, 0) is 18.4 Å². The van der Waals surface area contributed by atoms with Gasteiger partial charge in [-0.3, -0.25) is 0 Å². The molecule has 0 fully saturated rings. The average molecular weight is 182 g/mol. The summed E-state index contributed by atoms with van der Waals surface area (Å²) in [5, 5.41) is 5.27. The highest BCUT2D eigenvalue weighted by Crippen LogP contribution is 2.17. The highest BCUT2D eigenvalue weighted by molar-refractivity contribution is 7.10. The van der Waals surface area contributed by atoms with Crippen molar-refractivity contribution in [2.24, 2.45) is 0 Å². The largest absolute Gasteiger partial charge is 0.398 e. The summed E-state index contributed by atoms with van der Waals surface area (Å²) in [6.45, 7) is 7.51. The van der Waals surface area contributed by atoms with E-state index in [1.807, 2.05) is 18.4 Å². The molecule has 0 aliphatic rings. The summed E-state index contributed by atoms with van der Waals surface area (Å²) < 4.78 is 0. The third-order valence-electron chi connectivity index (χ3n) is 1.49. The fourth-order valence-corrected chi connectivity index (χ4v) is 1.65. The Morgan fingerprint density at radius 1 is 1.75 bits per heavy atom. The first-order chi connectivity index (χ1) is 5.70. The van der Waals surface area contributed by atoms with Crippen LogP contribution in [-0.4, -0.2) is 6.54 Å². The van der Waals surface area contributed by atoms with Gasteiger partial charge < -0.3 is 11.1 Å². The standard InChI is InChI=1S/C9H14N2S/c1-7(2)5-11-6-9-8(10)3-4-12-9/h3-4,11H,1,5-6,10H2,2H3. The van der Waals surface area contributed by atoms with Crippen molar-refractivity contribution in [1.82, 2.24) is 5.32 Å². The molecule has 0 saturated heterocycles. The number of hydrogen-bond donors (Lipinski definition) is 2. The lowest BCUT2D eigenvalue weighted by molar-refractivity contribution is 0.751. The lowest BCUT2D eigenvalue weighted by Crippen LogP contribution is -2.14. The minimum atomic E-state index is 0.844. The van der Waals surface area contributed by atoms with Crippen LogP contribution in [0.3, 0.4) is 0 Å². The zero-order valence-electron chi connectivity index (χ0n) is 7.26. The monoisotopic (exact) mass is 182 g/mol. The molecule has 3 heteroatoms. The van der Waals surface area contributed by atoms with E-state index in [0.29, 0.717) is 0 Å². The van der Waals surface area contributed by atoms with Crippen LogP contribution in [0.5, 0.6) is 0 Å². The van der Waals surface area contributed by atoms with Gasteiger partial charge >= 0.3 is 0 Å². The molecule has 0 amide bonds. The third-order valence-corrected chi connectivity index (χ3v) is 2.43. The van der Waals surface area contributed by atoms with Crippen LogP contribution in [0.1, 0.15) is 11.8 Å². The van der Waals surface area contributed by atoms with Crippen LogP contribution in [0.15, 0.2) is 23.6 Å². The normalized spacial score (nSPS) is 10.1. The van der Waals surface area contributed by atoms with E-state index in [9.17, 15) is 0 Å². The second kappa shape index (κ2) is 4.28. The molecule has 0 aliphatic carbocycles. The van der Waals surface area contributed by atoms with Gasteiger partial charge in [0, 0.05) is 23.7 Å². The topological polar surface area (TPSA) is 38.0 Å². The maximum absolute atomic E-state index is 5.71. The Kier molecular flexibility index (Phi) is 3.31. The average Bonchev–Trinajstić information content (AvgIpc) is 2.36. The lowest BCUT2D eigenvalue weighted by atomic mass is 10.3. The number of thiophene rings is 1. The number of nitrogen functional groups attached to an aromatic ring is 1. The van der Waals surface area contributed by atoms with E-state index in [0.717, 1.165) is 24.4 Å². The molecule has 0 saturated carbocycles. The number of rotatable bonds is 4. The Labute approximate surface area is 77.1 Å². The van der Waals surface area contributed by atoms with Crippen molar-refractivity contribution in [1.29, 1.82) is 0 Å². The van der Waals surface area contributed by atoms with Crippen molar-refractivity contribution in [2.45, 2.75) is 13.5 Å². The number of anilines is 1. The summed E-state index contributed by atoms with van der Waals surface area (Å²) in [7, 11) is 0. The molecular formula is C9H14N2S. The quantitative estimate of drug-likeness (QED) is 0.699. The van der Waals surface area contributed by atoms with Gasteiger partial charge in [0.1, 0.15) is 0 Å². The maximum Gasteiger partial charge on any atom is 0.0468 e. The number of nitrogens with two attached hydrogens (primary N) is 1. The highest BCUT2D eigenvalue weighted by atomic mass is 32.1. The molecule has 0 aliphatic heterocycles. The minimum Gasteiger partial charge on any atom is -0.398 e. The first-order valence-electron chi connectivity index (χ1n) is 3.87. The van der Waals surface area contributed by atoms with E-state index in [4.69, 9.17) is 5.73 Å². The number of hydrogen-bond acceptors (Lipinski definition) is 3. The molecule has 0 aromatic carbocycles. The van der Waals surface area contributed by atoms with Crippen molar-refractivity contribution in [3.63, 3.8) is 0 Å². The third kappa shape index (κ3) is 2.68. The minimum absolute atomic E-state index is 0.844. The first kappa shape index (κ1) is 9.29. The summed E-state index contributed by atoms with van der Waals surface area (Å²) in [4.78, 5) is 1.20. The van der Waals surface area contributed by atoms with Crippen LogP contribution < -0.4 is 11.1 Å². The van der Waals surface area contributed by atoms with Crippen molar-refractivity contribution in [2.75, 3.05) is 12.3 Å². The zero-order chi connectivity index (χ0) is 8.97. The molecule has 1 rings (SSSR count). The summed E-state index contributed by atoms with van der Waals surface area (Å²) in [6, 6.07) is 1.93. The van der Waals surface area contributed by atoms with E-state index < -0.39 is 0 Å². The van der Waals surface area contributed by atoms with Gasteiger partial charge in [-0.15, -0.1) is 11.3 Å². The second-order valence-electron chi connectivity index (χ2n) is 2.86. The molecule has 3 N–H and O–H groups in total. The number of nitrogens with one attached hydrogen (secondary N) is 1. The SMILES string of the molecule is C=C(C)CNCc1sccc1N. The van der Waals surface area contributed by atoms with Gasteiger partial charge in [0.05, 0.1) is 0 Å². The Bertz CT molecular complexity index is 265. The molecule has 1 heterocycles. The van der Waals surface area contributed by atoms with Gasteiger partial charge in [-0.1, -0.05) is 12.2 Å². The lowest BCUT2D eigenvalue weighted by Gasteiger charge is -2.02. The van der Waals surface area contributed by atoms with Gasteiger partial charge in [0.2, 0.25) is 0 Å². The van der Waals surface area contributed by atoms with Gasteiger partial charge in [-0.2, -0.15) is 0 Å². The Balaban J connectivity index is 2.33. The van der Waals surface area contributed by atoms with Crippen molar-refractivity contribution < 1.29 is 0 Å². The molecule has 1 aromatic rings. The molecular weight excluding hydrogens is 168 g/mol. The molecule has 0 unspecified atom stereocenters. The highest BCUT2D eigenvalue weighted by Gasteiger charge is 1.98. The first-order valence-corrected chi connectivity index (χ1v) is 4.75. The fourth-order valence-electron chi connectivity index (χ4n) is 0.884. The van der Waals surface area contributed by atoms with Crippen molar-refractivity contribution in [3.05, 3.63) is 28.5 Å². The smallest absolute Gasteiger partial charge is 0.0468 e. The molecule has 0 radical (unpaired) electrons. The van der Waals surface area contributed by atoms with Crippen molar-refractivity contribution in [3.8, 4) is 0 Å². The molecule has 2 nitrogen and oxygen atoms in total. The predicted octanol–water partition coefficient (Wildman–Crippen LogP) is 2.00. The van der Waals surface area contributed by atoms with Gasteiger partial charge in [0.25, 0.3) is 0 Å². The Morgan fingerprint density at radius 3 is 3.00 bits per heavy atom. The van der Waals surface area contributed by atoms with Gasteiger partial charge in [0.15, 0.2) is 0 Å². The Morgan fingerprint density at radius 2 is 2.50 bits per heavy atom. The van der Waals surface area contributed by atoms with Crippen LogP contribution in [-0.2, 0) is 6.54 Å². The summed E-state index contributed by atoms with van der Waals surface area (Å²) in [6.07, 6.45) is 0. The van der Waals surface area contributed by atoms with E-state index in [1.54, 1.807) is 11.3 Å². The van der Waals surface area contributed by atoms with E-state index >= 15 is 0 Å². The van der Waals surface area contributed by atoms with Crippen LogP contribution >= 0.6 is 11.3 Å². The van der Waals surface area contributed by atoms with E-state index in [2.05, 4.69) is 11.9 Å².